The molecule has 0 atom stereocenters. The smallest absolute Gasteiger partial charge is 0.391 e. The molecule has 0 radical (unpaired) electrons. The van der Waals surface area contributed by atoms with E-state index in [1.807, 2.05) is 0 Å². The van der Waals surface area contributed by atoms with Crippen molar-refractivity contribution in [2.24, 2.45) is 7.05 Å². The van der Waals surface area contributed by atoms with E-state index in [-0.39, 0.29) is 17.1 Å². The number of aromatic amines is 1. The van der Waals surface area contributed by atoms with Gasteiger partial charge in [0.15, 0.2) is 0 Å². The summed E-state index contributed by atoms with van der Waals surface area (Å²) in [5.74, 6) is 0.278. The van der Waals surface area contributed by atoms with Crippen molar-refractivity contribution in [3.8, 4) is 0 Å². The fourth-order valence-electron chi connectivity index (χ4n) is 0.570. The first kappa shape index (κ1) is 12.5. The maximum Gasteiger partial charge on any atom is 0.394 e. The molecule has 1 rings (SSSR count). The monoisotopic (exact) mass is 226 g/mol. The molecular formula is C4H10N4O5S. The molecule has 0 aliphatic rings. The molecule has 0 aromatic carbocycles. The van der Waals surface area contributed by atoms with Crippen LogP contribution in [-0.2, 0) is 17.4 Å². The Morgan fingerprint density at radius 2 is 1.71 bits per heavy atom. The van der Waals surface area contributed by atoms with Crippen molar-refractivity contribution < 1.29 is 17.5 Å². The lowest BCUT2D eigenvalue weighted by atomic mass is 10.5. The molecule has 10 heteroatoms. The molecule has 0 bridgehead atoms. The molecule has 0 aliphatic carbocycles. The number of aromatic nitrogens is 2. The van der Waals surface area contributed by atoms with Crippen molar-refractivity contribution in [3.05, 3.63) is 10.4 Å². The van der Waals surface area contributed by atoms with Crippen LogP contribution in [0.4, 0.5) is 11.5 Å². The molecule has 0 spiro atoms. The van der Waals surface area contributed by atoms with Gasteiger partial charge in [-0.05, 0) is 0 Å². The van der Waals surface area contributed by atoms with Gasteiger partial charge < -0.3 is 11.5 Å². The fraction of sp³-hybridized carbons (Fsp3) is 0.250. The molecule has 1 aromatic rings. The van der Waals surface area contributed by atoms with E-state index in [9.17, 15) is 4.79 Å². The third-order valence-electron chi connectivity index (χ3n) is 1.15. The predicted molar refractivity (Wildman–Crippen MR) is 49.0 cm³/mol. The number of nitrogens with two attached hydrogens (primary N) is 2. The zero-order chi connectivity index (χ0) is 11.5. The standard InChI is InChI=1S/C4H8N4O.H2O4S/c1-8-3(6)2(5)4(9)7-8;1-5(2,3)4/h5-6H2,1H3,(H,7,9);(H2,1,2,3,4). The first-order chi connectivity index (χ1) is 6.13. The van der Waals surface area contributed by atoms with E-state index < -0.39 is 10.4 Å². The van der Waals surface area contributed by atoms with E-state index in [4.69, 9.17) is 29.0 Å². The highest BCUT2D eigenvalue weighted by molar-refractivity contribution is 7.79. The predicted octanol–water partition coefficient (Wildman–Crippen LogP) is -1.77. The molecule has 7 N–H and O–H groups in total. The second-order valence-electron chi connectivity index (χ2n) is 2.25. The molecule has 14 heavy (non-hydrogen) atoms. The highest BCUT2D eigenvalue weighted by atomic mass is 32.3. The summed E-state index contributed by atoms with van der Waals surface area (Å²) in [5, 5.41) is 2.39. The molecule has 0 saturated heterocycles. The van der Waals surface area contributed by atoms with Gasteiger partial charge in [-0.3, -0.25) is 23.7 Å². The summed E-state index contributed by atoms with van der Waals surface area (Å²) in [7, 11) is -3.05. The number of H-pyrrole nitrogens is 1. The largest absolute Gasteiger partial charge is 0.394 e. The van der Waals surface area contributed by atoms with Crippen LogP contribution < -0.4 is 17.0 Å². The minimum atomic E-state index is -4.67. The Morgan fingerprint density at radius 3 is 1.79 bits per heavy atom. The average Bonchev–Trinajstić information content (AvgIpc) is 2.14. The molecule has 0 unspecified atom stereocenters. The average molecular weight is 226 g/mol. The number of hydrogen-bond acceptors (Lipinski definition) is 5. The third-order valence-corrected chi connectivity index (χ3v) is 1.15. The van der Waals surface area contributed by atoms with Crippen molar-refractivity contribution in [1.29, 1.82) is 0 Å². The van der Waals surface area contributed by atoms with Gasteiger partial charge in [0.2, 0.25) is 0 Å². The van der Waals surface area contributed by atoms with Gasteiger partial charge in [0.25, 0.3) is 5.56 Å². The Balaban J connectivity index is 0.000000292. The van der Waals surface area contributed by atoms with Gasteiger partial charge >= 0.3 is 10.4 Å². The topological polar surface area (TPSA) is 164 Å². The number of anilines is 2. The van der Waals surface area contributed by atoms with Gasteiger partial charge in [-0.25, -0.2) is 0 Å². The Kier molecular flexibility index (Phi) is 3.68. The minimum absolute atomic E-state index is 0.0810. The van der Waals surface area contributed by atoms with E-state index >= 15 is 0 Å². The van der Waals surface area contributed by atoms with Crippen molar-refractivity contribution in [3.63, 3.8) is 0 Å². The second kappa shape index (κ2) is 4.13. The number of hydrogen-bond donors (Lipinski definition) is 5. The zero-order valence-corrected chi connectivity index (χ0v) is 7.95. The first-order valence-corrected chi connectivity index (χ1v) is 4.52. The van der Waals surface area contributed by atoms with Crippen LogP contribution in [0.2, 0.25) is 0 Å². The number of nitrogens with one attached hydrogen (secondary N) is 1. The van der Waals surface area contributed by atoms with Gasteiger partial charge in [0, 0.05) is 7.05 Å². The van der Waals surface area contributed by atoms with E-state index in [2.05, 4.69) is 5.10 Å². The fourth-order valence-corrected chi connectivity index (χ4v) is 0.570. The Bertz CT molecular complexity index is 449. The Morgan fingerprint density at radius 1 is 1.36 bits per heavy atom. The van der Waals surface area contributed by atoms with E-state index in [0.29, 0.717) is 0 Å². The third kappa shape index (κ3) is 4.49. The molecular weight excluding hydrogens is 216 g/mol. The van der Waals surface area contributed by atoms with Crippen LogP contribution in [0.5, 0.6) is 0 Å². The van der Waals surface area contributed by atoms with Gasteiger partial charge in [-0.2, -0.15) is 8.42 Å². The van der Waals surface area contributed by atoms with Crippen molar-refractivity contribution in [2.45, 2.75) is 0 Å². The van der Waals surface area contributed by atoms with E-state index in [1.165, 1.54) is 4.68 Å². The van der Waals surface area contributed by atoms with Gasteiger partial charge in [-0.1, -0.05) is 0 Å². The van der Waals surface area contributed by atoms with Gasteiger partial charge in [0.1, 0.15) is 11.5 Å². The maximum absolute atomic E-state index is 10.6. The highest BCUT2D eigenvalue weighted by Crippen LogP contribution is 2.03. The Labute approximate surface area is 78.9 Å². The summed E-state index contributed by atoms with van der Waals surface area (Å²) >= 11 is 0. The summed E-state index contributed by atoms with van der Waals surface area (Å²) in [5.41, 5.74) is 10.3. The highest BCUT2D eigenvalue weighted by Gasteiger charge is 2.02. The molecule has 82 valence electrons. The normalized spacial score (nSPS) is 10.5. The minimum Gasteiger partial charge on any atom is -0.391 e. The lowest BCUT2D eigenvalue weighted by molar-refractivity contribution is 0.381. The lowest BCUT2D eigenvalue weighted by Gasteiger charge is -1.91. The summed E-state index contributed by atoms with van der Waals surface area (Å²) in [6, 6.07) is 0. The number of nitrogens with zero attached hydrogens (tertiary/aromatic N) is 1. The summed E-state index contributed by atoms with van der Waals surface area (Å²) in [4.78, 5) is 10.6. The number of nitrogen functional groups attached to an aromatic ring is 2. The molecule has 0 aliphatic heterocycles. The molecule has 1 aromatic heterocycles. The Hall–Kier alpha value is -1.52. The van der Waals surface area contributed by atoms with Crippen LogP contribution in [0.15, 0.2) is 4.79 Å². The van der Waals surface area contributed by atoms with Gasteiger partial charge in [-0.15, -0.1) is 0 Å². The summed E-state index contributed by atoms with van der Waals surface area (Å²) in [6.07, 6.45) is 0. The van der Waals surface area contributed by atoms with Crippen molar-refractivity contribution in [1.82, 2.24) is 9.78 Å². The lowest BCUT2D eigenvalue weighted by Crippen LogP contribution is -2.05. The van der Waals surface area contributed by atoms with Crippen molar-refractivity contribution >= 4 is 21.9 Å². The van der Waals surface area contributed by atoms with E-state index in [1.54, 1.807) is 7.05 Å². The van der Waals surface area contributed by atoms with Gasteiger partial charge in [0.05, 0.1) is 0 Å². The van der Waals surface area contributed by atoms with Crippen LogP contribution in [-0.4, -0.2) is 27.3 Å². The molecule has 1 heterocycles. The molecule has 0 fully saturated rings. The van der Waals surface area contributed by atoms with Crippen LogP contribution >= 0.6 is 0 Å². The first-order valence-electron chi connectivity index (χ1n) is 3.12. The summed E-state index contributed by atoms with van der Waals surface area (Å²) < 4.78 is 33.0. The quantitative estimate of drug-likeness (QED) is 0.326. The molecule has 0 amide bonds. The van der Waals surface area contributed by atoms with Crippen molar-refractivity contribution in [2.75, 3.05) is 11.5 Å². The van der Waals surface area contributed by atoms with Crippen LogP contribution in [0, 0.1) is 0 Å². The number of rotatable bonds is 0. The molecule has 0 saturated carbocycles. The van der Waals surface area contributed by atoms with Crippen LogP contribution in [0.25, 0.3) is 0 Å². The zero-order valence-electron chi connectivity index (χ0n) is 7.13. The second-order valence-corrected chi connectivity index (χ2v) is 3.14. The number of aryl methyl sites for hydroxylation is 1. The maximum atomic E-state index is 10.6. The van der Waals surface area contributed by atoms with Crippen LogP contribution in [0.1, 0.15) is 0 Å². The van der Waals surface area contributed by atoms with Crippen LogP contribution in [0.3, 0.4) is 0 Å². The SMILES string of the molecule is Cn1[nH]c(=O)c(N)c1N.O=S(=O)(O)O. The summed E-state index contributed by atoms with van der Waals surface area (Å²) in [6.45, 7) is 0. The van der Waals surface area contributed by atoms with E-state index in [0.717, 1.165) is 0 Å². The molecule has 9 nitrogen and oxygen atoms in total.